The molecule has 0 N–H and O–H groups in total. The van der Waals surface area contributed by atoms with E-state index in [0.29, 0.717) is 0 Å². The highest BCUT2D eigenvalue weighted by Crippen LogP contribution is 2.09. The summed E-state index contributed by atoms with van der Waals surface area (Å²) in [5.74, 6) is -1.29. The molecule has 0 atom stereocenters. The van der Waals surface area contributed by atoms with Crippen LogP contribution in [0.4, 0.5) is 9.59 Å². The standard InChI is InChI=1S/C12H14O10/c13-9(21-7-3-17-11(15)18-4-7)1-2-10(14)22-8-5-19-12(16)20-6-8/h7-8H,1-6H2. The molecule has 0 aromatic carbocycles. The van der Waals surface area contributed by atoms with Gasteiger partial charge in [-0.2, -0.15) is 0 Å². The number of rotatable bonds is 5. The summed E-state index contributed by atoms with van der Waals surface area (Å²) in [6.07, 6.45) is -3.40. The molecular weight excluding hydrogens is 304 g/mol. The van der Waals surface area contributed by atoms with Gasteiger partial charge < -0.3 is 28.4 Å². The Kier molecular flexibility index (Phi) is 5.39. The summed E-state index contributed by atoms with van der Waals surface area (Å²) in [4.78, 5) is 44.3. The van der Waals surface area contributed by atoms with Crippen LogP contribution >= 0.6 is 0 Å². The topological polar surface area (TPSA) is 124 Å². The van der Waals surface area contributed by atoms with Crippen LogP contribution in [0.15, 0.2) is 0 Å². The van der Waals surface area contributed by atoms with Crippen LogP contribution in [0, 0.1) is 0 Å². The molecule has 0 saturated carbocycles. The quantitative estimate of drug-likeness (QED) is 0.502. The number of cyclic esters (lactones) is 4. The first kappa shape index (κ1) is 15.9. The van der Waals surface area contributed by atoms with Gasteiger partial charge in [0.15, 0.2) is 12.2 Å². The molecule has 10 heteroatoms. The number of esters is 2. The van der Waals surface area contributed by atoms with Crippen molar-refractivity contribution < 1.29 is 47.6 Å². The summed E-state index contributed by atoms with van der Waals surface area (Å²) < 4.78 is 28.1. The molecule has 0 radical (unpaired) electrons. The third kappa shape index (κ3) is 5.11. The molecule has 122 valence electrons. The highest BCUT2D eigenvalue weighted by atomic mass is 16.8. The van der Waals surface area contributed by atoms with Crippen LogP contribution in [-0.4, -0.2) is 62.9 Å². The Morgan fingerprint density at radius 3 is 1.41 bits per heavy atom. The first-order chi connectivity index (χ1) is 10.5. The van der Waals surface area contributed by atoms with E-state index in [2.05, 4.69) is 18.9 Å². The summed E-state index contributed by atoms with van der Waals surface area (Å²) in [5, 5.41) is 0. The zero-order chi connectivity index (χ0) is 15.9. The van der Waals surface area contributed by atoms with E-state index in [1.54, 1.807) is 0 Å². The molecule has 0 aromatic heterocycles. The number of hydrogen-bond acceptors (Lipinski definition) is 10. The second kappa shape index (κ2) is 7.48. The van der Waals surface area contributed by atoms with Gasteiger partial charge in [0.2, 0.25) is 0 Å². The minimum Gasteiger partial charge on any atom is -0.455 e. The molecule has 0 spiro atoms. The largest absolute Gasteiger partial charge is 0.508 e. The van der Waals surface area contributed by atoms with Crippen molar-refractivity contribution in [1.82, 2.24) is 0 Å². The molecule has 2 rings (SSSR count). The molecule has 2 saturated heterocycles. The molecule has 0 aromatic rings. The van der Waals surface area contributed by atoms with Gasteiger partial charge in [-0.1, -0.05) is 0 Å². The summed E-state index contributed by atoms with van der Waals surface area (Å²) >= 11 is 0. The molecule has 0 unspecified atom stereocenters. The third-order valence-electron chi connectivity index (χ3n) is 2.68. The van der Waals surface area contributed by atoms with Crippen molar-refractivity contribution in [3.63, 3.8) is 0 Å². The Morgan fingerprint density at radius 2 is 1.09 bits per heavy atom. The number of ether oxygens (including phenoxy) is 6. The minimum absolute atomic E-state index is 0.0835. The number of hydrogen-bond donors (Lipinski definition) is 0. The van der Waals surface area contributed by atoms with Gasteiger partial charge in [0.1, 0.15) is 26.4 Å². The van der Waals surface area contributed by atoms with Crippen molar-refractivity contribution in [2.75, 3.05) is 26.4 Å². The van der Waals surface area contributed by atoms with Gasteiger partial charge >= 0.3 is 24.2 Å². The Balaban J connectivity index is 1.60. The maximum Gasteiger partial charge on any atom is 0.508 e. The Morgan fingerprint density at radius 1 is 0.773 bits per heavy atom. The van der Waals surface area contributed by atoms with Crippen LogP contribution in [-0.2, 0) is 38.0 Å². The van der Waals surface area contributed by atoms with E-state index in [4.69, 9.17) is 9.47 Å². The second-order valence-electron chi connectivity index (χ2n) is 4.47. The normalized spacial score (nSPS) is 19.3. The predicted octanol–water partition coefficient (Wildman–Crippen LogP) is -0.0762. The van der Waals surface area contributed by atoms with Crippen molar-refractivity contribution >= 4 is 24.2 Å². The van der Waals surface area contributed by atoms with E-state index >= 15 is 0 Å². The van der Waals surface area contributed by atoms with Crippen molar-refractivity contribution in [2.45, 2.75) is 25.0 Å². The maximum absolute atomic E-state index is 11.5. The van der Waals surface area contributed by atoms with Gasteiger partial charge in [-0.05, 0) is 0 Å². The molecule has 10 nitrogen and oxygen atoms in total. The Bertz CT molecular complexity index is 397. The fraction of sp³-hybridized carbons (Fsp3) is 0.667. The predicted molar refractivity (Wildman–Crippen MR) is 63.6 cm³/mol. The van der Waals surface area contributed by atoms with Gasteiger partial charge in [-0.15, -0.1) is 0 Å². The van der Waals surface area contributed by atoms with E-state index in [0.717, 1.165) is 0 Å². The second-order valence-corrected chi connectivity index (χ2v) is 4.47. The fourth-order valence-corrected chi connectivity index (χ4v) is 1.65. The van der Waals surface area contributed by atoms with E-state index in [9.17, 15) is 19.2 Å². The molecule has 22 heavy (non-hydrogen) atoms. The van der Waals surface area contributed by atoms with E-state index in [1.807, 2.05) is 0 Å². The highest BCUT2D eigenvalue weighted by molar-refractivity contribution is 5.78. The third-order valence-corrected chi connectivity index (χ3v) is 2.68. The van der Waals surface area contributed by atoms with Gasteiger partial charge in [-0.3, -0.25) is 9.59 Å². The average Bonchev–Trinajstić information content (AvgIpc) is 2.50. The molecule has 2 aliphatic heterocycles. The minimum atomic E-state index is -0.814. The molecule has 0 amide bonds. The van der Waals surface area contributed by atoms with Gasteiger partial charge in [0, 0.05) is 0 Å². The zero-order valence-corrected chi connectivity index (χ0v) is 11.5. The van der Waals surface area contributed by atoms with Crippen LogP contribution in [0.1, 0.15) is 12.8 Å². The van der Waals surface area contributed by atoms with Crippen LogP contribution < -0.4 is 0 Å². The maximum atomic E-state index is 11.5. The SMILES string of the molecule is O=C(CCC(=O)OC1COC(=O)OC1)OC1COC(=O)OC1. The molecular formula is C12H14O10. The summed E-state index contributed by atoms with van der Waals surface area (Å²) in [7, 11) is 0. The lowest BCUT2D eigenvalue weighted by molar-refractivity contribution is -0.165. The smallest absolute Gasteiger partial charge is 0.455 e. The lowest BCUT2D eigenvalue weighted by Crippen LogP contribution is -2.36. The molecule has 2 aliphatic rings. The monoisotopic (exact) mass is 318 g/mol. The molecule has 0 bridgehead atoms. The van der Waals surface area contributed by atoms with Gasteiger partial charge in [0.05, 0.1) is 12.8 Å². The zero-order valence-electron chi connectivity index (χ0n) is 11.5. The summed E-state index contributed by atoms with van der Waals surface area (Å²) in [6.45, 7) is -0.334. The van der Waals surface area contributed by atoms with Crippen molar-refractivity contribution in [3.8, 4) is 0 Å². The first-order valence-electron chi connectivity index (χ1n) is 6.51. The van der Waals surface area contributed by atoms with E-state index in [-0.39, 0.29) is 39.3 Å². The lowest BCUT2D eigenvalue weighted by Gasteiger charge is -2.22. The number of carbonyl (C=O) groups excluding carboxylic acids is 4. The van der Waals surface area contributed by atoms with Crippen LogP contribution in [0.3, 0.4) is 0 Å². The van der Waals surface area contributed by atoms with Gasteiger partial charge in [0.25, 0.3) is 0 Å². The van der Waals surface area contributed by atoms with E-state index in [1.165, 1.54) is 0 Å². The fourth-order valence-electron chi connectivity index (χ4n) is 1.65. The lowest BCUT2D eigenvalue weighted by atomic mass is 10.3. The van der Waals surface area contributed by atoms with Crippen LogP contribution in [0.25, 0.3) is 0 Å². The highest BCUT2D eigenvalue weighted by Gasteiger charge is 2.26. The van der Waals surface area contributed by atoms with E-state index < -0.39 is 36.5 Å². The first-order valence-corrected chi connectivity index (χ1v) is 6.51. The van der Waals surface area contributed by atoms with Crippen LogP contribution in [0.2, 0.25) is 0 Å². The number of carbonyl (C=O) groups is 4. The van der Waals surface area contributed by atoms with Gasteiger partial charge in [-0.25, -0.2) is 9.59 Å². The van der Waals surface area contributed by atoms with Crippen molar-refractivity contribution in [1.29, 1.82) is 0 Å². The van der Waals surface area contributed by atoms with Crippen molar-refractivity contribution in [3.05, 3.63) is 0 Å². The Labute approximate surface area is 124 Å². The molecule has 2 fully saturated rings. The average molecular weight is 318 g/mol. The Hall–Kier alpha value is -2.52. The van der Waals surface area contributed by atoms with Crippen molar-refractivity contribution in [2.24, 2.45) is 0 Å². The molecule has 2 heterocycles. The molecule has 0 aliphatic carbocycles. The summed E-state index contributed by atoms with van der Waals surface area (Å²) in [5.41, 5.74) is 0. The summed E-state index contributed by atoms with van der Waals surface area (Å²) in [6, 6.07) is 0. The van der Waals surface area contributed by atoms with Crippen LogP contribution in [0.5, 0.6) is 0 Å².